The fourth-order valence-electron chi connectivity index (χ4n) is 7.66. The number of alkyl halides is 1. The first-order valence-corrected chi connectivity index (χ1v) is 14.6. The molecule has 0 spiro atoms. The first kappa shape index (κ1) is 25.1. The molecule has 10 heteroatoms. The molecule has 2 aromatic heterocycles. The average molecular weight is 558 g/mol. The van der Waals surface area contributed by atoms with Gasteiger partial charge in [0.2, 0.25) is 0 Å². The Morgan fingerprint density at radius 2 is 1.85 bits per heavy atom. The summed E-state index contributed by atoms with van der Waals surface area (Å²) in [6.07, 6.45) is 3.71. The number of nitrogens with zero attached hydrogens (tertiary/aromatic N) is 5. The number of nitrogens with one attached hydrogen (secondary N) is 1. The Bertz CT molecular complexity index is 1660. The molecule has 2 bridgehead atoms. The molecule has 4 atom stereocenters. The normalized spacial score (nSPS) is 27.7. The van der Waals surface area contributed by atoms with Crippen molar-refractivity contribution in [2.75, 3.05) is 43.4 Å². The maximum Gasteiger partial charge on any atom is 0.319 e. The molecule has 212 valence electrons. The van der Waals surface area contributed by atoms with E-state index in [0.29, 0.717) is 53.3 Å². The van der Waals surface area contributed by atoms with E-state index in [1.807, 2.05) is 30.3 Å². The fourth-order valence-corrected chi connectivity index (χ4v) is 7.66. The van der Waals surface area contributed by atoms with Crippen LogP contribution >= 0.6 is 0 Å². The van der Waals surface area contributed by atoms with Gasteiger partial charge in [0.25, 0.3) is 0 Å². The van der Waals surface area contributed by atoms with E-state index in [2.05, 4.69) is 25.1 Å². The summed E-state index contributed by atoms with van der Waals surface area (Å²) in [6.45, 7) is 3.17. The van der Waals surface area contributed by atoms with Crippen molar-refractivity contribution in [1.82, 2.24) is 25.2 Å². The maximum atomic E-state index is 16.6. The minimum absolute atomic E-state index is 0.128. The summed E-state index contributed by atoms with van der Waals surface area (Å²) in [5.74, 6) is 0.516. The average Bonchev–Trinajstić information content (AvgIpc) is 3.61. The highest BCUT2D eigenvalue weighted by atomic mass is 19.1. The molecule has 8 rings (SSSR count). The number of nitrogen functional groups attached to an aromatic ring is 1. The molecule has 3 N–H and O–H groups in total. The van der Waals surface area contributed by atoms with Gasteiger partial charge in [0.1, 0.15) is 29.9 Å². The van der Waals surface area contributed by atoms with Crippen LogP contribution in [-0.2, 0) is 0 Å². The monoisotopic (exact) mass is 557 g/mol. The summed E-state index contributed by atoms with van der Waals surface area (Å²) in [5.41, 5.74) is 6.78. The van der Waals surface area contributed by atoms with E-state index in [1.54, 1.807) is 12.1 Å². The van der Waals surface area contributed by atoms with Gasteiger partial charge in [-0.05, 0) is 55.8 Å². The summed E-state index contributed by atoms with van der Waals surface area (Å²) in [6, 6.07) is 14.0. The van der Waals surface area contributed by atoms with E-state index >= 15 is 4.39 Å². The van der Waals surface area contributed by atoms with Crippen molar-refractivity contribution in [1.29, 1.82) is 0 Å². The van der Waals surface area contributed by atoms with Crippen LogP contribution in [0, 0.1) is 5.82 Å². The molecule has 4 aliphatic rings. The van der Waals surface area contributed by atoms with Crippen molar-refractivity contribution in [2.24, 2.45) is 0 Å². The summed E-state index contributed by atoms with van der Waals surface area (Å²) < 4.78 is 37.3. The lowest BCUT2D eigenvalue weighted by molar-refractivity contribution is 0.107. The quantitative estimate of drug-likeness (QED) is 0.372. The number of fused-ring (bicyclic) bond motifs is 5. The number of ether oxygens (including phenoxy) is 1. The molecular formula is C31H33F2N7O. The van der Waals surface area contributed by atoms with E-state index in [1.165, 1.54) is 0 Å². The summed E-state index contributed by atoms with van der Waals surface area (Å²) in [4.78, 5) is 18.5. The second kappa shape index (κ2) is 9.46. The summed E-state index contributed by atoms with van der Waals surface area (Å²) >= 11 is 0. The van der Waals surface area contributed by atoms with Crippen LogP contribution in [0.5, 0.6) is 6.01 Å². The van der Waals surface area contributed by atoms with Crippen molar-refractivity contribution in [2.45, 2.75) is 55.9 Å². The number of anilines is 2. The number of rotatable bonds is 5. The zero-order valence-electron chi connectivity index (χ0n) is 22.8. The van der Waals surface area contributed by atoms with Crippen LogP contribution in [0.2, 0.25) is 0 Å². The first-order chi connectivity index (χ1) is 20.0. The highest BCUT2D eigenvalue weighted by molar-refractivity contribution is 6.00. The van der Waals surface area contributed by atoms with Gasteiger partial charge in [-0.15, -0.1) is 0 Å². The molecule has 2 aromatic carbocycles. The highest BCUT2D eigenvalue weighted by Gasteiger charge is 2.49. The first-order valence-electron chi connectivity index (χ1n) is 14.6. The Balaban J connectivity index is 1.24. The van der Waals surface area contributed by atoms with Gasteiger partial charge in [-0.25, -0.2) is 13.8 Å². The Kier molecular flexibility index (Phi) is 5.79. The molecule has 0 radical (unpaired) electrons. The van der Waals surface area contributed by atoms with E-state index in [9.17, 15) is 4.39 Å². The lowest BCUT2D eigenvalue weighted by Gasteiger charge is -2.34. The van der Waals surface area contributed by atoms with Crippen molar-refractivity contribution in [3.05, 3.63) is 48.3 Å². The molecule has 4 unspecified atom stereocenters. The van der Waals surface area contributed by atoms with Gasteiger partial charge in [-0.2, -0.15) is 9.97 Å². The van der Waals surface area contributed by atoms with Gasteiger partial charge in [0.05, 0.1) is 11.2 Å². The molecule has 4 saturated heterocycles. The van der Waals surface area contributed by atoms with Crippen LogP contribution in [0.25, 0.3) is 32.9 Å². The Labute approximate surface area is 236 Å². The molecule has 0 saturated carbocycles. The highest BCUT2D eigenvalue weighted by Crippen LogP contribution is 2.41. The third-order valence-electron chi connectivity index (χ3n) is 9.53. The maximum absolute atomic E-state index is 16.6. The predicted octanol–water partition coefficient (Wildman–Crippen LogP) is 4.46. The second-order valence-electron chi connectivity index (χ2n) is 12.2. The van der Waals surface area contributed by atoms with Gasteiger partial charge >= 0.3 is 6.01 Å². The number of halogens is 2. The molecule has 8 nitrogen and oxygen atoms in total. The van der Waals surface area contributed by atoms with Crippen molar-refractivity contribution in [3.8, 4) is 17.3 Å². The van der Waals surface area contributed by atoms with Crippen molar-refractivity contribution in [3.63, 3.8) is 0 Å². The lowest BCUT2D eigenvalue weighted by Crippen LogP contribution is -2.51. The largest absolute Gasteiger partial charge is 0.461 e. The van der Waals surface area contributed by atoms with Gasteiger partial charge in [0, 0.05) is 54.5 Å². The smallest absolute Gasteiger partial charge is 0.319 e. The second-order valence-corrected chi connectivity index (χ2v) is 12.2. The van der Waals surface area contributed by atoms with Gasteiger partial charge < -0.3 is 20.7 Å². The lowest BCUT2D eigenvalue weighted by atomic mass is 9.95. The number of hydrogen-bond acceptors (Lipinski definition) is 8. The van der Waals surface area contributed by atoms with Crippen LogP contribution in [-0.4, -0.2) is 76.4 Å². The van der Waals surface area contributed by atoms with Crippen LogP contribution in [0.15, 0.2) is 42.5 Å². The third-order valence-corrected chi connectivity index (χ3v) is 9.53. The van der Waals surface area contributed by atoms with Gasteiger partial charge in [-0.3, -0.25) is 4.90 Å². The van der Waals surface area contributed by atoms with E-state index in [0.717, 1.165) is 56.1 Å². The van der Waals surface area contributed by atoms with Gasteiger partial charge in [0.15, 0.2) is 5.82 Å². The van der Waals surface area contributed by atoms with Crippen molar-refractivity contribution < 1.29 is 13.5 Å². The van der Waals surface area contributed by atoms with Crippen LogP contribution in [0.1, 0.15) is 32.1 Å². The van der Waals surface area contributed by atoms with E-state index < -0.39 is 12.0 Å². The van der Waals surface area contributed by atoms with Crippen molar-refractivity contribution >= 4 is 33.3 Å². The van der Waals surface area contributed by atoms with E-state index in [4.69, 9.17) is 15.5 Å². The zero-order valence-corrected chi connectivity index (χ0v) is 22.8. The molecule has 4 fully saturated rings. The molecular weight excluding hydrogens is 524 g/mol. The van der Waals surface area contributed by atoms with E-state index in [-0.39, 0.29) is 23.7 Å². The van der Waals surface area contributed by atoms with Gasteiger partial charge in [-0.1, -0.05) is 24.3 Å². The standard InChI is InChI=1S/C31H33F2N7O/c32-19-13-31(10-3-11-40(31)14-19)17-41-30-37-28-24(29(38-30)39-15-20-6-7-21(16-39)35-20)9-8-23(26(28)33)27-22-5-2-1-4-18(22)12-25(34)36-27/h1-2,4-5,8-9,12,19-21,35H,3,6-7,10-11,13-17H2,(H2,34,36). The molecule has 4 aliphatic heterocycles. The summed E-state index contributed by atoms with van der Waals surface area (Å²) in [5, 5.41) is 6.00. The molecule has 6 heterocycles. The van der Waals surface area contributed by atoms with Crippen LogP contribution < -0.4 is 20.7 Å². The number of hydrogen-bond donors (Lipinski definition) is 2. The van der Waals surface area contributed by atoms with Crippen LogP contribution in [0.4, 0.5) is 20.4 Å². The number of piperazine rings is 1. The minimum atomic E-state index is -0.857. The number of pyridine rings is 1. The number of benzene rings is 2. The van der Waals surface area contributed by atoms with Crippen LogP contribution in [0.3, 0.4) is 0 Å². The Morgan fingerprint density at radius 3 is 2.71 bits per heavy atom. The molecule has 0 amide bonds. The fraction of sp³-hybridized carbons (Fsp3) is 0.452. The number of aromatic nitrogens is 3. The predicted molar refractivity (Wildman–Crippen MR) is 155 cm³/mol. The number of nitrogens with two attached hydrogens (primary N) is 1. The SMILES string of the molecule is Nc1cc2ccccc2c(-c2ccc3c(N4CC5CCC(C4)N5)nc(OCC45CCCN4CC(F)C5)nc3c2F)n1. The minimum Gasteiger partial charge on any atom is -0.461 e. The molecule has 0 aliphatic carbocycles. The third kappa shape index (κ3) is 4.18. The molecule has 4 aromatic rings. The molecule has 41 heavy (non-hydrogen) atoms. The summed E-state index contributed by atoms with van der Waals surface area (Å²) in [7, 11) is 0. The zero-order chi connectivity index (χ0) is 27.7. The Morgan fingerprint density at radius 1 is 1.02 bits per heavy atom. The Hall–Kier alpha value is -3.63. The topological polar surface area (TPSA) is 92.4 Å².